The van der Waals surface area contributed by atoms with E-state index >= 15 is 0 Å². The lowest BCUT2D eigenvalue weighted by Gasteiger charge is -1.98. The van der Waals surface area contributed by atoms with Gasteiger partial charge < -0.3 is 5.11 Å². The van der Waals surface area contributed by atoms with Crippen molar-refractivity contribution in [1.82, 2.24) is 4.98 Å². The van der Waals surface area contributed by atoms with E-state index in [4.69, 9.17) is 0 Å². The summed E-state index contributed by atoms with van der Waals surface area (Å²) < 4.78 is 13.8. The minimum atomic E-state index is -0.660. The highest BCUT2D eigenvalue weighted by atomic mass is 32.1. The predicted octanol–water partition coefficient (Wildman–Crippen LogP) is 3.72. The van der Waals surface area contributed by atoms with E-state index in [-0.39, 0.29) is 11.5 Å². The molecule has 1 aromatic heterocycles. The molecule has 0 aliphatic rings. The predicted molar refractivity (Wildman–Crippen MR) is 73.3 cm³/mol. The lowest BCUT2D eigenvalue weighted by Crippen LogP contribution is -1.88. The smallest absolute Gasteiger partial charge is 0.310 e. The molecule has 1 N–H and O–H groups in total. The molecule has 0 saturated heterocycles. The lowest BCUT2D eigenvalue weighted by molar-refractivity contribution is -0.385. The molecule has 5 nitrogen and oxygen atoms in total. The largest absolute Gasteiger partial charge is 0.502 e. The summed E-state index contributed by atoms with van der Waals surface area (Å²) in [5.41, 5.74) is 0.833. The molecule has 2 aromatic carbocycles. The molecule has 0 atom stereocenters. The van der Waals surface area contributed by atoms with Crippen LogP contribution in [0.5, 0.6) is 5.75 Å². The number of fused-ring (bicyclic) bond motifs is 1. The van der Waals surface area contributed by atoms with E-state index in [0.717, 1.165) is 0 Å². The van der Waals surface area contributed by atoms with Gasteiger partial charge in [0, 0.05) is 11.6 Å². The fourth-order valence-corrected chi connectivity index (χ4v) is 2.82. The van der Waals surface area contributed by atoms with Gasteiger partial charge in [-0.05, 0) is 30.3 Å². The van der Waals surface area contributed by atoms with Crippen molar-refractivity contribution in [3.63, 3.8) is 0 Å². The normalized spacial score (nSPS) is 10.8. The zero-order valence-electron chi connectivity index (χ0n) is 9.91. The molecule has 3 aromatic rings. The van der Waals surface area contributed by atoms with Crippen LogP contribution in [0.2, 0.25) is 0 Å². The van der Waals surface area contributed by atoms with E-state index in [1.807, 2.05) is 0 Å². The summed E-state index contributed by atoms with van der Waals surface area (Å²) in [6, 6.07) is 8.27. The zero-order chi connectivity index (χ0) is 14.3. The molecule has 0 aliphatic carbocycles. The first-order valence-corrected chi connectivity index (χ1v) is 6.40. The number of aromatic nitrogens is 1. The van der Waals surface area contributed by atoms with Gasteiger partial charge in [0.05, 0.1) is 15.1 Å². The van der Waals surface area contributed by atoms with Crippen molar-refractivity contribution < 1.29 is 14.4 Å². The number of nitro groups is 1. The Hall–Kier alpha value is -2.54. The van der Waals surface area contributed by atoms with E-state index in [2.05, 4.69) is 4.98 Å². The maximum Gasteiger partial charge on any atom is 0.310 e. The molecule has 0 saturated carbocycles. The summed E-state index contributed by atoms with van der Waals surface area (Å²) >= 11 is 1.26. The number of rotatable bonds is 2. The van der Waals surface area contributed by atoms with Gasteiger partial charge in [-0.25, -0.2) is 9.37 Å². The number of nitro benzene ring substituents is 1. The first-order chi connectivity index (χ1) is 9.54. The molecule has 3 rings (SSSR count). The van der Waals surface area contributed by atoms with Crippen LogP contribution in [0.25, 0.3) is 20.8 Å². The van der Waals surface area contributed by atoms with Gasteiger partial charge in [-0.15, -0.1) is 11.3 Å². The second kappa shape index (κ2) is 4.53. The monoisotopic (exact) mass is 290 g/mol. The molecule has 0 fully saturated rings. The van der Waals surface area contributed by atoms with Gasteiger partial charge in [0.25, 0.3) is 0 Å². The molecule has 0 bridgehead atoms. The summed E-state index contributed by atoms with van der Waals surface area (Å²) in [6.45, 7) is 0. The number of phenolic OH excluding ortho intramolecular Hbond substituents is 1. The minimum Gasteiger partial charge on any atom is -0.502 e. The molecule has 100 valence electrons. The van der Waals surface area contributed by atoms with Crippen LogP contribution in [-0.4, -0.2) is 15.0 Å². The Morgan fingerprint density at radius 2 is 2.05 bits per heavy atom. The van der Waals surface area contributed by atoms with Gasteiger partial charge in [-0.1, -0.05) is 0 Å². The van der Waals surface area contributed by atoms with Gasteiger partial charge in [0.2, 0.25) is 0 Å². The van der Waals surface area contributed by atoms with E-state index in [1.165, 1.54) is 41.7 Å². The van der Waals surface area contributed by atoms with Gasteiger partial charge in [-0.2, -0.15) is 0 Å². The number of aromatic hydroxyl groups is 1. The van der Waals surface area contributed by atoms with Crippen LogP contribution >= 0.6 is 11.3 Å². The Balaban J connectivity index is 2.11. The topological polar surface area (TPSA) is 76.3 Å². The molecule has 7 heteroatoms. The van der Waals surface area contributed by atoms with Crippen LogP contribution in [0, 0.1) is 15.9 Å². The third kappa shape index (κ3) is 2.08. The fraction of sp³-hybridized carbons (Fsp3) is 0. The molecule has 1 heterocycles. The Labute approximate surface area is 116 Å². The van der Waals surface area contributed by atoms with Crippen LogP contribution in [0.15, 0.2) is 36.4 Å². The van der Waals surface area contributed by atoms with Crippen LogP contribution in [0.3, 0.4) is 0 Å². The summed E-state index contributed by atoms with van der Waals surface area (Å²) in [6.07, 6.45) is 0. The van der Waals surface area contributed by atoms with Gasteiger partial charge in [0.1, 0.15) is 10.8 Å². The number of benzene rings is 2. The summed E-state index contributed by atoms with van der Waals surface area (Å²) in [5, 5.41) is 20.8. The Kier molecular flexibility index (Phi) is 2.83. The van der Waals surface area contributed by atoms with Gasteiger partial charge in [0.15, 0.2) is 5.75 Å². The van der Waals surface area contributed by atoms with Gasteiger partial charge >= 0.3 is 5.69 Å². The average molecular weight is 290 g/mol. The molecule has 0 aliphatic heterocycles. The van der Waals surface area contributed by atoms with Gasteiger partial charge in [-0.3, -0.25) is 10.1 Å². The average Bonchev–Trinajstić information content (AvgIpc) is 2.81. The number of halogens is 1. The van der Waals surface area contributed by atoms with Crippen molar-refractivity contribution in [2.24, 2.45) is 0 Å². The van der Waals surface area contributed by atoms with Crippen LogP contribution in [0.4, 0.5) is 10.1 Å². The Morgan fingerprint density at radius 3 is 2.75 bits per heavy atom. The van der Waals surface area contributed by atoms with Crippen LogP contribution in [-0.2, 0) is 0 Å². The number of hydrogen-bond donors (Lipinski definition) is 1. The van der Waals surface area contributed by atoms with E-state index in [0.29, 0.717) is 20.8 Å². The van der Waals surface area contributed by atoms with Crippen molar-refractivity contribution in [1.29, 1.82) is 0 Å². The highest BCUT2D eigenvalue weighted by molar-refractivity contribution is 7.21. The van der Waals surface area contributed by atoms with Crippen molar-refractivity contribution in [2.75, 3.05) is 0 Å². The SMILES string of the molecule is O=[N+]([O-])c1ccc(-c2nc3ccc(F)cc3s2)cc1O. The highest BCUT2D eigenvalue weighted by Gasteiger charge is 2.15. The summed E-state index contributed by atoms with van der Waals surface area (Å²) in [7, 11) is 0. The molecule has 0 amide bonds. The summed E-state index contributed by atoms with van der Waals surface area (Å²) in [5.74, 6) is -0.766. The van der Waals surface area contributed by atoms with E-state index < -0.39 is 10.7 Å². The minimum absolute atomic E-state index is 0.348. The van der Waals surface area contributed by atoms with Crippen molar-refractivity contribution >= 4 is 27.2 Å². The third-order valence-corrected chi connectivity index (χ3v) is 3.84. The van der Waals surface area contributed by atoms with Crippen molar-refractivity contribution in [2.45, 2.75) is 0 Å². The number of nitrogens with zero attached hydrogens (tertiary/aromatic N) is 2. The van der Waals surface area contributed by atoms with E-state index in [1.54, 1.807) is 6.07 Å². The number of phenols is 1. The molecular weight excluding hydrogens is 283 g/mol. The molecule has 0 spiro atoms. The number of hydrogen-bond acceptors (Lipinski definition) is 5. The van der Waals surface area contributed by atoms with Crippen LogP contribution in [0.1, 0.15) is 0 Å². The number of thiazole rings is 1. The molecule has 0 radical (unpaired) electrons. The van der Waals surface area contributed by atoms with Crippen molar-refractivity contribution in [3.05, 3.63) is 52.3 Å². The summed E-state index contributed by atoms with van der Waals surface area (Å²) in [4.78, 5) is 14.3. The molecular formula is C13H7FN2O3S. The fourth-order valence-electron chi connectivity index (χ4n) is 1.83. The third-order valence-electron chi connectivity index (χ3n) is 2.77. The lowest BCUT2D eigenvalue weighted by atomic mass is 10.2. The Bertz CT molecular complexity index is 832. The van der Waals surface area contributed by atoms with Crippen molar-refractivity contribution in [3.8, 4) is 16.3 Å². The maximum atomic E-state index is 13.1. The molecule has 20 heavy (non-hydrogen) atoms. The Morgan fingerprint density at radius 1 is 1.25 bits per heavy atom. The first-order valence-electron chi connectivity index (χ1n) is 5.58. The molecule has 0 unspecified atom stereocenters. The van der Waals surface area contributed by atoms with E-state index in [9.17, 15) is 19.6 Å². The maximum absolute atomic E-state index is 13.1. The highest BCUT2D eigenvalue weighted by Crippen LogP contribution is 2.35. The first kappa shape index (κ1) is 12.5. The second-order valence-electron chi connectivity index (χ2n) is 4.09. The standard InChI is InChI=1S/C13H7FN2O3S/c14-8-2-3-9-12(6-8)20-13(15-9)7-1-4-10(16(18)19)11(17)5-7/h1-6,17H. The van der Waals surface area contributed by atoms with Crippen LogP contribution < -0.4 is 0 Å². The quantitative estimate of drug-likeness (QED) is 0.576. The zero-order valence-corrected chi connectivity index (χ0v) is 10.7. The second-order valence-corrected chi connectivity index (χ2v) is 5.12.